The van der Waals surface area contributed by atoms with Crippen molar-refractivity contribution in [1.29, 1.82) is 0 Å². The van der Waals surface area contributed by atoms with Crippen LogP contribution in [-0.4, -0.2) is 47.7 Å². The van der Waals surface area contributed by atoms with Crippen LogP contribution in [0.5, 0.6) is 0 Å². The predicted octanol–water partition coefficient (Wildman–Crippen LogP) is 2.55. The molecule has 1 N–H and O–H groups in total. The van der Waals surface area contributed by atoms with Crippen LogP contribution in [0.15, 0.2) is 18.2 Å². The summed E-state index contributed by atoms with van der Waals surface area (Å²) < 4.78 is 31.8. The number of carboxylic acid groups (broad SMARTS) is 1. The number of aliphatic carboxylic acids is 1. The fourth-order valence-corrected chi connectivity index (χ4v) is 3.48. The molecule has 0 bridgehead atoms. The van der Waals surface area contributed by atoms with Gasteiger partial charge in [0.15, 0.2) is 11.6 Å². The summed E-state index contributed by atoms with van der Waals surface area (Å²) in [5.41, 5.74) is 0.613. The minimum Gasteiger partial charge on any atom is -0.481 e. The van der Waals surface area contributed by atoms with Crippen LogP contribution >= 0.6 is 0 Å². The minimum atomic E-state index is -0.946. The molecule has 0 aromatic heterocycles. The maximum Gasteiger partial charge on any atom is 0.305 e. The second-order valence-corrected chi connectivity index (χ2v) is 6.64. The van der Waals surface area contributed by atoms with Crippen molar-refractivity contribution in [2.24, 2.45) is 5.92 Å². The van der Waals surface area contributed by atoms with Gasteiger partial charge in [-0.05, 0) is 42.9 Å². The zero-order valence-electron chi connectivity index (χ0n) is 13.8. The molecule has 0 radical (unpaired) electrons. The highest BCUT2D eigenvalue weighted by Gasteiger charge is 2.47. The Morgan fingerprint density at radius 1 is 1.20 bits per heavy atom. The Morgan fingerprint density at radius 2 is 1.92 bits per heavy atom. The number of hydrogen-bond donors (Lipinski definition) is 1. The van der Waals surface area contributed by atoms with Crippen molar-refractivity contribution in [3.05, 3.63) is 35.4 Å². The summed E-state index contributed by atoms with van der Waals surface area (Å²) >= 11 is 0. The van der Waals surface area contributed by atoms with Crippen LogP contribution in [0.2, 0.25) is 0 Å². The molecule has 2 atom stereocenters. The number of ether oxygens (including phenoxy) is 1. The van der Waals surface area contributed by atoms with Crippen LogP contribution < -0.4 is 0 Å². The van der Waals surface area contributed by atoms with Gasteiger partial charge in [-0.1, -0.05) is 6.07 Å². The molecule has 1 aliphatic heterocycles. The van der Waals surface area contributed by atoms with Crippen molar-refractivity contribution in [1.82, 2.24) is 4.90 Å². The number of carboxylic acids is 1. The van der Waals surface area contributed by atoms with Crippen molar-refractivity contribution < 1.29 is 28.2 Å². The largest absolute Gasteiger partial charge is 0.481 e. The van der Waals surface area contributed by atoms with Crippen LogP contribution in [0.1, 0.15) is 37.2 Å². The molecule has 5 nitrogen and oxygen atoms in total. The van der Waals surface area contributed by atoms with Gasteiger partial charge in [0.25, 0.3) is 0 Å². The van der Waals surface area contributed by atoms with Crippen molar-refractivity contribution in [3.63, 3.8) is 0 Å². The summed E-state index contributed by atoms with van der Waals surface area (Å²) in [6.45, 7) is 1.28. The number of carbonyl (C=O) groups is 2. The van der Waals surface area contributed by atoms with Gasteiger partial charge in [0, 0.05) is 31.7 Å². The number of halogens is 2. The highest BCUT2D eigenvalue weighted by molar-refractivity contribution is 5.83. The molecule has 1 saturated carbocycles. The first kappa shape index (κ1) is 17.8. The van der Waals surface area contributed by atoms with Gasteiger partial charge in [0.1, 0.15) is 0 Å². The van der Waals surface area contributed by atoms with E-state index in [2.05, 4.69) is 0 Å². The highest BCUT2D eigenvalue weighted by Crippen LogP contribution is 2.49. The van der Waals surface area contributed by atoms with Crippen LogP contribution in [0.3, 0.4) is 0 Å². The number of benzene rings is 1. The van der Waals surface area contributed by atoms with Gasteiger partial charge >= 0.3 is 5.97 Å². The third-order valence-corrected chi connectivity index (χ3v) is 4.96. The van der Waals surface area contributed by atoms with Gasteiger partial charge in [0.05, 0.1) is 6.42 Å². The zero-order valence-corrected chi connectivity index (χ0v) is 13.8. The molecule has 136 valence electrons. The third-order valence-electron chi connectivity index (χ3n) is 4.96. The summed E-state index contributed by atoms with van der Waals surface area (Å²) in [7, 11) is 0. The molecule has 2 unspecified atom stereocenters. The molecule has 2 fully saturated rings. The van der Waals surface area contributed by atoms with Gasteiger partial charge in [0.2, 0.25) is 5.91 Å². The van der Waals surface area contributed by atoms with Crippen molar-refractivity contribution in [2.75, 3.05) is 19.8 Å². The van der Waals surface area contributed by atoms with E-state index >= 15 is 0 Å². The molecule has 1 heterocycles. The normalized spacial score (nSPS) is 23.3. The maximum absolute atomic E-state index is 13.4. The Hall–Kier alpha value is -2.02. The predicted molar refractivity (Wildman–Crippen MR) is 85.0 cm³/mol. The van der Waals surface area contributed by atoms with Crippen molar-refractivity contribution in [3.8, 4) is 0 Å². The Balaban J connectivity index is 1.69. The van der Waals surface area contributed by atoms with Gasteiger partial charge in [-0.2, -0.15) is 0 Å². The fourth-order valence-electron chi connectivity index (χ4n) is 3.48. The minimum absolute atomic E-state index is 0.0215. The molecule has 1 aromatic rings. The smallest absolute Gasteiger partial charge is 0.305 e. The first-order chi connectivity index (χ1) is 12.0. The third kappa shape index (κ3) is 4.15. The lowest BCUT2D eigenvalue weighted by atomic mass is 10.0. The Labute approximate surface area is 144 Å². The topological polar surface area (TPSA) is 66.8 Å². The Kier molecular flexibility index (Phi) is 5.32. The second kappa shape index (κ2) is 7.47. The van der Waals surface area contributed by atoms with Crippen LogP contribution in [0.25, 0.3) is 0 Å². The van der Waals surface area contributed by atoms with E-state index in [0.717, 1.165) is 12.1 Å². The Bertz CT molecular complexity index is 660. The van der Waals surface area contributed by atoms with E-state index in [0.29, 0.717) is 38.0 Å². The standard InChI is InChI=1S/C18H21F2NO4/c19-15-2-1-11(9-16(15)20)13-10-14(13)18(24)21(6-3-17(22)23)12-4-7-25-8-5-12/h1-2,9,12-14H,3-8,10H2,(H,22,23). The van der Waals surface area contributed by atoms with Crippen LogP contribution in [0.4, 0.5) is 8.78 Å². The zero-order chi connectivity index (χ0) is 18.0. The maximum atomic E-state index is 13.4. The average Bonchev–Trinajstić information content (AvgIpc) is 3.39. The number of amides is 1. The summed E-state index contributed by atoms with van der Waals surface area (Å²) in [5, 5.41) is 8.94. The molecular weight excluding hydrogens is 332 g/mol. The van der Waals surface area contributed by atoms with Crippen LogP contribution in [0, 0.1) is 17.6 Å². The van der Waals surface area contributed by atoms with E-state index in [1.807, 2.05) is 0 Å². The summed E-state index contributed by atoms with van der Waals surface area (Å²) in [4.78, 5) is 25.4. The quantitative estimate of drug-likeness (QED) is 0.854. The van der Waals surface area contributed by atoms with Crippen LogP contribution in [-0.2, 0) is 14.3 Å². The fraction of sp³-hybridized carbons (Fsp3) is 0.556. The highest BCUT2D eigenvalue weighted by atomic mass is 19.2. The van der Waals surface area contributed by atoms with E-state index in [9.17, 15) is 18.4 Å². The SMILES string of the molecule is O=C(O)CCN(C(=O)C1CC1c1ccc(F)c(F)c1)C1CCOCC1. The number of carbonyl (C=O) groups excluding carboxylic acids is 1. The number of hydrogen-bond acceptors (Lipinski definition) is 3. The molecule has 25 heavy (non-hydrogen) atoms. The molecule has 1 amide bonds. The second-order valence-electron chi connectivity index (χ2n) is 6.64. The monoisotopic (exact) mass is 353 g/mol. The molecule has 7 heteroatoms. The first-order valence-corrected chi connectivity index (χ1v) is 8.52. The Morgan fingerprint density at radius 3 is 2.56 bits per heavy atom. The van der Waals surface area contributed by atoms with E-state index < -0.39 is 17.6 Å². The van der Waals surface area contributed by atoms with Gasteiger partial charge in [-0.3, -0.25) is 9.59 Å². The van der Waals surface area contributed by atoms with E-state index in [-0.39, 0.29) is 36.8 Å². The summed E-state index contributed by atoms with van der Waals surface area (Å²) in [6.07, 6.45) is 1.85. The lowest BCUT2D eigenvalue weighted by Gasteiger charge is -2.34. The summed E-state index contributed by atoms with van der Waals surface area (Å²) in [5.74, 6) is -3.28. The molecule has 1 saturated heterocycles. The first-order valence-electron chi connectivity index (χ1n) is 8.52. The van der Waals surface area contributed by atoms with Crippen molar-refractivity contribution in [2.45, 2.75) is 37.6 Å². The molecule has 0 spiro atoms. The number of rotatable bonds is 6. The molecule has 1 aromatic carbocycles. The molecule has 1 aliphatic carbocycles. The summed E-state index contributed by atoms with van der Waals surface area (Å²) in [6, 6.07) is 3.70. The molecule has 3 rings (SSSR count). The van der Waals surface area contributed by atoms with E-state index in [1.165, 1.54) is 6.07 Å². The molecular formula is C18H21F2NO4. The van der Waals surface area contributed by atoms with Gasteiger partial charge < -0.3 is 14.7 Å². The number of nitrogens with zero attached hydrogens (tertiary/aromatic N) is 1. The van der Waals surface area contributed by atoms with E-state index in [4.69, 9.17) is 9.84 Å². The van der Waals surface area contributed by atoms with E-state index in [1.54, 1.807) is 4.90 Å². The molecule has 2 aliphatic rings. The van der Waals surface area contributed by atoms with Gasteiger partial charge in [-0.15, -0.1) is 0 Å². The lowest BCUT2D eigenvalue weighted by molar-refractivity contribution is -0.141. The van der Waals surface area contributed by atoms with Crippen molar-refractivity contribution >= 4 is 11.9 Å². The average molecular weight is 353 g/mol. The lowest BCUT2D eigenvalue weighted by Crippen LogP contribution is -2.45. The van der Waals surface area contributed by atoms with Gasteiger partial charge in [-0.25, -0.2) is 8.78 Å².